The third kappa shape index (κ3) is 4.26. The van der Waals surface area contributed by atoms with E-state index in [4.69, 9.17) is 15.7 Å². The summed E-state index contributed by atoms with van der Waals surface area (Å²) in [4.78, 5) is 34.7. The fourth-order valence-electron chi connectivity index (χ4n) is 3.65. The van der Waals surface area contributed by atoms with Crippen LogP contribution in [0.4, 0.5) is 11.5 Å². The van der Waals surface area contributed by atoms with Crippen molar-refractivity contribution < 1.29 is 9.53 Å². The number of ether oxygens (including phenoxy) is 1. The Morgan fingerprint density at radius 3 is 2.94 bits per heavy atom. The molecule has 0 radical (unpaired) electrons. The van der Waals surface area contributed by atoms with Gasteiger partial charge in [0.05, 0.1) is 24.2 Å². The van der Waals surface area contributed by atoms with Crippen molar-refractivity contribution in [2.24, 2.45) is 0 Å². The number of nitrogen functional groups attached to an aromatic ring is 1. The number of nitrogens with zero attached hydrogens (tertiary/aromatic N) is 4. The first kappa shape index (κ1) is 21.4. The van der Waals surface area contributed by atoms with Crippen molar-refractivity contribution in [3.8, 4) is 11.9 Å². The van der Waals surface area contributed by atoms with E-state index in [0.717, 1.165) is 20.5 Å². The molecule has 5 rings (SSSR count). The summed E-state index contributed by atoms with van der Waals surface area (Å²) in [6.07, 6.45) is 3.00. The van der Waals surface area contributed by atoms with Crippen molar-refractivity contribution in [2.45, 2.75) is 19.1 Å². The van der Waals surface area contributed by atoms with E-state index in [-0.39, 0.29) is 36.7 Å². The van der Waals surface area contributed by atoms with Gasteiger partial charge in [-0.1, -0.05) is 12.1 Å². The number of rotatable bonds is 5. The van der Waals surface area contributed by atoms with Crippen molar-refractivity contribution in [2.75, 3.05) is 17.7 Å². The highest BCUT2D eigenvalue weighted by molar-refractivity contribution is 7.19. The molecular weight excluding hydrogens is 454 g/mol. The molecule has 4 heterocycles. The van der Waals surface area contributed by atoms with Crippen LogP contribution in [0.15, 0.2) is 53.7 Å². The molecule has 4 aromatic rings. The molecule has 3 aromatic heterocycles. The van der Waals surface area contributed by atoms with Crippen LogP contribution in [0.5, 0.6) is 5.88 Å². The molecule has 1 aliphatic heterocycles. The number of hydrogen-bond acceptors (Lipinski definition) is 9. The van der Waals surface area contributed by atoms with Gasteiger partial charge in [-0.2, -0.15) is 5.26 Å². The smallest absolute Gasteiger partial charge is 0.281 e. The predicted octanol–water partition coefficient (Wildman–Crippen LogP) is 2.17. The molecular formula is C23H19N7O3S. The van der Waals surface area contributed by atoms with Gasteiger partial charge < -0.3 is 21.1 Å². The maximum absolute atomic E-state index is 13.0. The van der Waals surface area contributed by atoms with Gasteiger partial charge in [-0.25, -0.2) is 9.97 Å². The SMILES string of the molecule is N#Cc1ccc([C@@H]2COc3ncn(CC(=O)NCc4cc5cnc(N)cc5s4)c(=O)c3N2)cc1. The molecule has 1 aromatic carbocycles. The van der Waals surface area contributed by atoms with E-state index in [1.807, 2.05) is 18.2 Å². The number of nitrogens with two attached hydrogens (primary N) is 1. The minimum atomic E-state index is -0.401. The monoisotopic (exact) mass is 473 g/mol. The second kappa shape index (κ2) is 8.84. The average Bonchev–Trinajstić information content (AvgIpc) is 3.26. The van der Waals surface area contributed by atoms with Gasteiger partial charge in [-0.15, -0.1) is 11.3 Å². The number of carbonyl (C=O) groups excluding carboxylic acids is 1. The summed E-state index contributed by atoms with van der Waals surface area (Å²) in [5.74, 6) is 0.326. The van der Waals surface area contributed by atoms with Gasteiger partial charge in [0.25, 0.3) is 5.56 Å². The summed E-state index contributed by atoms with van der Waals surface area (Å²) in [7, 11) is 0. The summed E-state index contributed by atoms with van der Waals surface area (Å²) >= 11 is 1.52. The molecule has 0 fully saturated rings. The summed E-state index contributed by atoms with van der Waals surface area (Å²) < 4.78 is 7.90. The van der Waals surface area contributed by atoms with Gasteiger partial charge in [-0.3, -0.25) is 14.2 Å². The number of aromatic nitrogens is 3. The summed E-state index contributed by atoms with van der Waals surface area (Å²) in [5, 5.41) is 15.9. The van der Waals surface area contributed by atoms with Crippen molar-refractivity contribution in [3.05, 3.63) is 75.3 Å². The van der Waals surface area contributed by atoms with Gasteiger partial charge >= 0.3 is 0 Å². The van der Waals surface area contributed by atoms with Gasteiger partial charge in [0.2, 0.25) is 11.8 Å². The molecule has 0 aliphatic carbocycles. The molecule has 10 nitrogen and oxygen atoms in total. The third-order valence-corrected chi connectivity index (χ3v) is 6.50. The van der Waals surface area contributed by atoms with Crippen LogP contribution in [0.3, 0.4) is 0 Å². The first-order chi connectivity index (χ1) is 16.5. The quantitative estimate of drug-likeness (QED) is 0.399. The maximum Gasteiger partial charge on any atom is 0.281 e. The fraction of sp³-hybridized carbons (Fsp3) is 0.174. The van der Waals surface area contributed by atoms with E-state index in [2.05, 4.69) is 26.7 Å². The second-order valence-electron chi connectivity index (χ2n) is 7.74. The predicted molar refractivity (Wildman–Crippen MR) is 127 cm³/mol. The Kier molecular flexibility index (Phi) is 5.57. The lowest BCUT2D eigenvalue weighted by Crippen LogP contribution is -2.36. The van der Waals surface area contributed by atoms with Crippen LogP contribution in [0.1, 0.15) is 22.0 Å². The lowest BCUT2D eigenvalue weighted by Gasteiger charge is -2.26. The number of nitriles is 1. The highest BCUT2D eigenvalue weighted by Crippen LogP contribution is 2.29. The van der Waals surface area contributed by atoms with Crippen LogP contribution in [-0.4, -0.2) is 27.0 Å². The number of fused-ring (bicyclic) bond motifs is 2. The van der Waals surface area contributed by atoms with E-state index >= 15 is 0 Å². The lowest BCUT2D eigenvalue weighted by molar-refractivity contribution is -0.121. The maximum atomic E-state index is 13.0. The van der Waals surface area contributed by atoms with Crippen LogP contribution >= 0.6 is 11.3 Å². The highest BCUT2D eigenvalue weighted by atomic mass is 32.1. The molecule has 34 heavy (non-hydrogen) atoms. The normalized spacial score (nSPS) is 14.5. The molecule has 11 heteroatoms. The molecule has 0 saturated heterocycles. The van der Waals surface area contributed by atoms with Gasteiger partial charge in [0, 0.05) is 21.2 Å². The molecule has 0 unspecified atom stereocenters. The first-order valence-corrected chi connectivity index (χ1v) is 11.2. The number of benzene rings is 1. The van der Waals surface area contributed by atoms with Gasteiger partial charge in [0.15, 0.2) is 5.69 Å². The number of carbonyl (C=O) groups is 1. The first-order valence-electron chi connectivity index (χ1n) is 10.4. The summed E-state index contributed by atoms with van der Waals surface area (Å²) in [5.41, 5.74) is 6.94. The summed E-state index contributed by atoms with van der Waals surface area (Å²) in [6.45, 7) is 0.432. The molecule has 1 amide bonds. The second-order valence-corrected chi connectivity index (χ2v) is 8.90. The van der Waals surface area contributed by atoms with Crippen LogP contribution in [0.25, 0.3) is 10.1 Å². The van der Waals surface area contributed by atoms with E-state index in [1.54, 1.807) is 24.4 Å². The van der Waals surface area contributed by atoms with E-state index in [0.29, 0.717) is 17.9 Å². The highest BCUT2D eigenvalue weighted by Gasteiger charge is 2.25. The van der Waals surface area contributed by atoms with Crippen LogP contribution in [0, 0.1) is 11.3 Å². The molecule has 1 atom stereocenters. The Morgan fingerprint density at radius 2 is 2.15 bits per heavy atom. The fourth-order valence-corrected chi connectivity index (χ4v) is 4.68. The molecule has 0 spiro atoms. The Morgan fingerprint density at radius 1 is 1.32 bits per heavy atom. The number of amides is 1. The van der Waals surface area contributed by atoms with Crippen LogP contribution < -0.4 is 26.7 Å². The van der Waals surface area contributed by atoms with Crippen LogP contribution in [-0.2, 0) is 17.9 Å². The number of hydrogen-bond donors (Lipinski definition) is 3. The number of pyridine rings is 1. The Labute approximate surface area is 197 Å². The number of thiophene rings is 1. The van der Waals surface area contributed by atoms with E-state index in [1.165, 1.54) is 22.2 Å². The molecule has 170 valence electrons. The zero-order chi connectivity index (χ0) is 23.7. The topological polar surface area (TPSA) is 148 Å². The Balaban J connectivity index is 1.27. The van der Waals surface area contributed by atoms with Crippen molar-refractivity contribution in [1.29, 1.82) is 5.26 Å². The third-order valence-electron chi connectivity index (χ3n) is 5.40. The Hall–Kier alpha value is -4.43. The standard InChI is InChI=1S/C23H19N7O3S/c24-7-13-1-3-14(4-2-13)17-11-33-22-21(29-17)23(32)30(12-28-22)10-20(31)27-9-16-5-15-8-26-19(25)6-18(15)34-16/h1-6,8,12,17,29H,9-11H2,(H2,25,26)(H,27,31)/t17-/m0/s1. The van der Waals surface area contributed by atoms with Gasteiger partial charge in [0.1, 0.15) is 25.3 Å². The van der Waals surface area contributed by atoms with Gasteiger partial charge in [-0.05, 0) is 29.8 Å². The van der Waals surface area contributed by atoms with E-state index in [9.17, 15) is 9.59 Å². The lowest BCUT2D eigenvalue weighted by atomic mass is 10.0. The largest absolute Gasteiger partial charge is 0.473 e. The van der Waals surface area contributed by atoms with Crippen LogP contribution in [0.2, 0.25) is 0 Å². The molecule has 0 bridgehead atoms. The zero-order valence-electron chi connectivity index (χ0n) is 17.8. The minimum Gasteiger partial charge on any atom is -0.473 e. The van der Waals surface area contributed by atoms with E-state index < -0.39 is 5.56 Å². The molecule has 1 aliphatic rings. The average molecular weight is 474 g/mol. The minimum absolute atomic E-state index is 0.179. The Bertz CT molecular complexity index is 1490. The van der Waals surface area contributed by atoms with Crippen molar-refractivity contribution in [3.63, 3.8) is 0 Å². The zero-order valence-corrected chi connectivity index (χ0v) is 18.6. The number of anilines is 2. The van der Waals surface area contributed by atoms with Crippen molar-refractivity contribution >= 4 is 38.8 Å². The van der Waals surface area contributed by atoms with Crippen molar-refractivity contribution in [1.82, 2.24) is 19.9 Å². The number of nitrogens with one attached hydrogen (secondary N) is 2. The molecule has 4 N–H and O–H groups in total. The summed E-state index contributed by atoms with van der Waals surface area (Å²) in [6, 6.07) is 12.6. The molecule has 0 saturated carbocycles.